The maximum absolute atomic E-state index is 12.1. The number of hydrogen-bond acceptors (Lipinski definition) is 5. The molecule has 1 unspecified atom stereocenters. The average molecular weight is 338 g/mol. The Kier molecular flexibility index (Phi) is 5.18. The second-order valence-corrected chi connectivity index (χ2v) is 6.41. The van der Waals surface area contributed by atoms with Crippen molar-refractivity contribution in [2.45, 2.75) is 16.8 Å². The van der Waals surface area contributed by atoms with Crippen molar-refractivity contribution in [1.82, 2.24) is 10.6 Å². The van der Waals surface area contributed by atoms with E-state index >= 15 is 0 Å². The first-order chi connectivity index (χ1) is 11.7. The van der Waals surface area contributed by atoms with Gasteiger partial charge in [0.2, 0.25) is 5.91 Å². The van der Waals surface area contributed by atoms with Gasteiger partial charge in [-0.3, -0.25) is 4.79 Å². The molecule has 1 atom stereocenters. The predicted octanol–water partition coefficient (Wildman–Crippen LogP) is 2.93. The van der Waals surface area contributed by atoms with Gasteiger partial charge in [-0.15, -0.1) is 0 Å². The number of amides is 1. The molecule has 2 aromatic rings. The number of para-hydroxylation sites is 1. The molecule has 1 aliphatic heterocycles. The molecular formula is C18H18N4OS. The summed E-state index contributed by atoms with van der Waals surface area (Å²) < 4.78 is 0. The first-order valence-electron chi connectivity index (χ1n) is 7.57. The van der Waals surface area contributed by atoms with Crippen LogP contribution in [0.5, 0.6) is 0 Å². The third-order valence-electron chi connectivity index (χ3n) is 3.46. The summed E-state index contributed by atoms with van der Waals surface area (Å²) in [6.07, 6.45) is 3.06. The van der Waals surface area contributed by atoms with Crippen LogP contribution in [0.15, 0.2) is 71.4 Å². The molecule has 0 radical (unpaired) electrons. The maximum atomic E-state index is 12.1. The van der Waals surface area contributed by atoms with Crippen LogP contribution in [0, 0.1) is 5.41 Å². The lowest BCUT2D eigenvalue weighted by molar-refractivity contribution is -0.119. The fourth-order valence-corrected chi connectivity index (χ4v) is 3.31. The summed E-state index contributed by atoms with van der Waals surface area (Å²) >= 11 is 1.66. The van der Waals surface area contributed by atoms with Crippen LogP contribution in [0.3, 0.4) is 0 Å². The predicted molar refractivity (Wildman–Crippen MR) is 98.0 cm³/mol. The van der Waals surface area contributed by atoms with Gasteiger partial charge in [0.1, 0.15) is 5.50 Å². The van der Waals surface area contributed by atoms with Crippen LogP contribution in [0.1, 0.15) is 5.56 Å². The molecule has 1 aliphatic rings. The monoisotopic (exact) mass is 338 g/mol. The van der Waals surface area contributed by atoms with E-state index in [1.807, 2.05) is 48.5 Å². The van der Waals surface area contributed by atoms with E-state index in [9.17, 15) is 4.79 Å². The van der Waals surface area contributed by atoms with Gasteiger partial charge in [0.05, 0.1) is 17.8 Å². The number of anilines is 1. The number of nitrogens with one attached hydrogen (secondary N) is 4. The first-order valence-corrected chi connectivity index (χ1v) is 8.45. The number of hydrogen-bond donors (Lipinski definition) is 4. The van der Waals surface area contributed by atoms with Crippen molar-refractivity contribution in [3.63, 3.8) is 0 Å². The molecule has 0 aliphatic carbocycles. The number of benzene rings is 2. The van der Waals surface area contributed by atoms with E-state index in [1.165, 1.54) is 4.90 Å². The number of carbonyl (C=O) groups excluding carboxylic acids is 1. The summed E-state index contributed by atoms with van der Waals surface area (Å²) in [5.41, 5.74) is 2.42. The Morgan fingerprint density at radius 1 is 1.17 bits per heavy atom. The largest absolute Gasteiger partial charge is 0.361 e. The molecule has 122 valence electrons. The molecule has 0 aromatic heterocycles. The Morgan fingerprint density at radius 3 is 2.67 bits per heavy atom. The Balaban J connectivity index is 1.54. The third kappa shape index (κ3) is 4.17. The van der Waals surface area contributed by atoms with Gasteiger partial charge in [-0.25, -0.2) is 0 Å². The van der Waals surface area contributed by atoms with Gasteiger partial charge in [0.25, 0.3) is 0 Å². The van der Waals surface area contributed by atoms with Gasteiger partial charge in [-0.05, 0) is 17.7 Å². The van der Waals surface area contributed by atoms with Gasteiger partial charge in [0, 0.05) is 17.3 Å². The van der Waals surface area contributed by atoms with Crippen LogP contribution < -0.4 is 16.0 Å². The minimum Gasteiger partial charge on any atom is -0.361 e. The molecule has 0 spiro atoms. The lowest BCUT2D eigenvalue weighted by atomic mass is 10.1. The first kappa shape index (κ1) is 16.1. The van der Waals surface area contributed by atoms with Crippen LogP contribution in [0.25, 0.3) is 0 Å². The molecule has 0 saturated heterocycles. The normalized spacial score (nSPS) is 16.0. The topological polar surface area (TPSA) is 77.0 Å². The summed E-state index contributed by atoms with van der Waals surface area (Å²) in [6, 6.07) is 17.6. The second kappa shape index (κ2) is 7.70. The van der Waals surface area contributed by atoms with Crippen LogP contribution in [0.4, 0.5) is 5.69 Å². The van der Waals surface area contributed by atoms with Gasteiger partial charge < -0.3 is 21.4 Å². The van der Waals surface area contributed by atoms with E-state index < -0.39 is 0 Å². The van der Waals surface area contributed by atoms with Crippen molar-refractivity contribution in [2.24, 2.45) is 0 Å². The summed E-state index contributed by atoms with van der Waals surface area (Å²) in [7, 11) is 0. The van der Waals surface area contributed by atoms with Gasteiger partial charge in [0.15, 0.2) is 0 Å². The molecule has 0 saturated carbocycles. The van der Waals surface area contributed by atoms with Crippen molar-refractivity contribution in [1.29, 1.82) is 5.41 Å². The van der Waals surface area contributed by atoms with Crippen molar-refractivity contribution in [3.8, 4) is 0 Å². The Hall–Kier alpha value is -2.73. The highest BCUT2D eigenvalue weighted by molar-refractivity contribution is 8.00. The number of fused-ring (bicyclic) bond motifs is 1. The van der Waals surface area contributed by atoms with Crippen molar-refractivity contribution in [2.75, 3.05) is 5.32 Å². The van der Waals surface area contributed by atoms with Crippen LogP contribution in [-0.2, 0) is 11.2 Å². The van der Waals surface area contributed by atoms with E-state index in [0.717, 1.165) is 17.5 Å². The number of allylic oxidation sites excluding steroid dienone is 1. The lowest BCUT2D eigenvalue weighted by Crippen LogP contribution is -2.30. The highest BCUT2D eigenvalue weighted by Crippen LogP contribution is 2.36. The van der Waals surface area contributed by atoms with E-state index in [4.69, 9.17) is 5.41 Å². The molecule has 6 heteroatoms. The Morgan fingerprint density at radius 2 is 1.92 bits per heavy atom. The Labute approximate surface area is 145 Å². The Bertz CT molecular complexity index is 736. The fraction of sp³-hybridized carbons (Fsp3) is 0.111. The SMILES string of the molecule is N=C/C(=C\NC1Nc2ccccc2S1)NC(=O)Cc1ccccc1. The van der Waals surface area contributed by atoms with Crippen LogP contribution in [-0.4, -0.2) is 17.6 Å². The average Bonchev–Trinajstić information content (AvgIpc) is 3.02. The second-order valence-electron chi connectivity index (χ2n) is 5.26. The molecule has 0 bridgehead atoms. The highest BCUT2D eigenvalue weighted by atomic mass is 32.2. The molecule has 1 amide bonds. The highest BCUT2D eigenvalue weighted by Gasteiger charge is 2.19. The summed E-state index contributed by atoms with van der Waals surface area (Å²) in [5.74, 6) is -0.145. The zero-order valence-corrected chi connectivity index (χ0v) is 13.8. The van der Waals surface area contributed by atoms with Crippen molar-refractivity contribution >= 4 is 29.6 Å². The number of carbonyl (C=O) groups is 1. The molecule has 1 heterocycles. The zero-order valence-electron chi connectivity index (χ0n) is 13.0. The van der Waals surface area contributed by atoms with Crippen LogP contribution >= 0.6 is 11.8 Å². The van der Waals surface area contributed by atoms with E-state index in [2.05, 4.69) is 22.0 Å². The van der Waals surface area contributed by atoms with E-state index in [-0.39, 0.29) is 17.8 Å². The fourth-order valence-electron chi connectivity index (χ4n) is 2.33. The van der Waals surface area contributed by atoms with Crippen molar-refractivity contribution < 1.29 is 4.79 Å². The molecule has 2 aromatic carbocycles. The van der Waals surface area contributed by atoms with E-state index in [0.29, 0.717) is 5.70 Å². The molecule has 24 heavy (non-hydrogen) atoms. The standard InChI is InChI=1S/C18H18N4OS/c19-11-14(21-17(23)10-13-6-2-1-3-7-13)12-20-18-22-15-8-4-5-9-16(15)24-18/h1-9,11-12,18-20,22H,10H2,(H,21,23)/b14-12+,19-11?. The zero-order chi connectivity index (χ0) is 16.8. The number of thioether (sulfide) groups is 1. The van der Waals surface area contributed by atoms with Gasteiger partial charge in [-0.2, -0.15) is 0 Å². The van der Waals surface area contributed by atoms with Crippen LogP contribution in [0.2, 0.25) is 0 Å². The molecule has 3 rings (SSSR count). The summed E-state index contributed by atoms with van der Waals surface area (Å²) in [4.78, 5) is 13.2. The number of rotatable bonds is 6. The third-order valence-corrected chi connectivity index (χ3v) is 4.56. The minimum atomic E-state index is -0.145. The quantitative estimate of drug-likeness (QED) is 0.611. The maximum Gasteiger partial charge on any atom is 0.228 e. The molecule has 0 fully saturated rings. The summed E-state index contributed by atoms with van der Waals surface area (Å²) in [6.45, 7) is 0. The lowest BCUT2D eigenvalue weighted by Gasteiger charge is -2.12. The molecule has 4 N–H and O–H groups in total. The smallest absolute Gasteiger partial charge is 0.228 e. The van der Waals surface area contributed by atoms with Gasteiger partial charge >= 0.3 is 0 Å². The molecule has 5 nitrogen and oxygen atoms in total. The van der Waals surface area contributed by atoms with Gasteiger partial charge in [-0.1, -0.05) is 54.2 Å². The van der Waals surface area contributed by atoms with Crippen molar-refractivity contribution in [3.05, 3.63) is 72.1 Å². The minimum absolute atomic E-state index is 0.0247. The molecular weight excluding hydrogens is 320 g/mol. The van der Waals surface area contributed by atoms with E-state index in [1.54, 1.807) is 18.0 Å². The summed E-state index contributed by atoms with van der Waals surface area (Å²) in [5, 5.41) is 16.7.